The lowest BCUT2D eigenvalue weighted by Gasteiger charge is -2.11. The monoisotopic (exact) mass is 319 g/mol. The van der Waals surface area contributed by atoms with E-state index in [9.17, 15) is 0 Å². The van der Waals surface area contributed by atoms with Crippen molar-refractivity contribution in [3.05, 3.63) is 45.2 Å². The lowest BCUT2D eigenvalue weighted by atomic mass is 10.1. The summed E-state index contributed by atoms with van der Waals surface area (Å²) in [6.07, 6.45) is 0.831. The van der Waals surface area contributed by atoms with E-state index in [-0.39, 0.29) is 0 Å². The number of hydrogen-bond donors (Lipinski definition) is 1. The Morgan fingerprint density at radius 3 is 2.26 bits per heavy atom. The zero-order valence-corrected chi connectivity index (χ0v) is 13.1. The van der Waals surface area contributed by atoms with Crippen molar-refractivity contribution in [2.45, 2.75) is 27.2 Å². The first-order valence-electron chi connectivity index (χ1n) is 6.33. The number of benzene rings is 1. The maximum atomic E-state index is 5.63. The van der Waals surface area contributed by atoms with Gasteiger partial charge in [0.25, 0.3) is 0 Å². The van der Waals surface area contributed by atoms with E-state index in [2.05, 4.69) is 45.0 Å². The van der Waals surface area contributed by atoms with Crippen LogP contribution in [0.4, 0.5) is 0 Å². The summed E-state index contributed by atoms with van der Waals surface area (Å²) >= 11 is 3.48. The van der Waals surface area contributed by atoms with Crippen molar-refractivity contribution in [3.8, 4) is 11.4 Å². The second-order valence-electron chi connectivity index (χ2n) is 4.69. The molecular weight excluding hydrogens is 302 g/mol. The Balaban J connectivity index is 2.52. The molecule has 0 bridgehead atoms. The molecule has 0 aliphatic rings. The van der Waals surface area contributed by atoms with Crippen LogP contribution in [0.3, 0.4) is 0 Å². The lowest BCUT2D eigenvalue weighted by molar-refractivity contribution is 0.898. The molecule has 1 heterocycles. The smallest absolute Gasteiger partial charge is 0.159 e. The summed E-state index contributed by atoms with van der Waals surface area (Å²) in [5.41, 5.74) is 11.1. The molecule has 0 fully saturated rings. The van der Waals surface area contributed by atoms with E-state index >= 15 is 0 Å². The van der Waals surface area contributed by atoms with Gasteiger partial charge < -0.3 is 5.73 Å². The lowest BCUT2D eigenvalue weighted by Crippen LogP contribution is -2.09. The highest BCUT2D eigenvalue weighted by Gasteiger charge is 2.11. The van der Waals surface area contributed by atoms with Crippen LogP contribution in [-0.2, 0) is 6.42 Å². The minimum Gasteiger partial charge on any atom is -0.330 e. The standard InChI is InChI=1S/C15H18BrN3/c1-9-8-12(16)4-5-13(9)15-18-10(2)14(6-7-17)11(3)19-15/h4-5,8H,6-7,17H2,1-3H3. The van der Waals surface area contributed by atoms with Gasteiger partial charge >= 0.3 is 0 Å². The molecule has 4 heteroatoms. The van der Waals surface area contributed by atoms with Gasteiger partial charge in [0.2, 0.25) is 0 Å². The average Bonchev–Trinajstić information content (AvgIpc) is 2.33. The normalized spacial score (nSPS) is 10.8. The van der Waals surface area contributed by atoms with Crippen LogP contribution < -0.4 is 5.73 Å². The zero-order valence-electron chi connectivity index (χ0n) is 11.5. The van der Waals surface area contributed by atoms with Gasteiger partial charge in [0, 0.05) is 21.4 Å². The third kappa shape index (κ3) is 3.01. The highest BCUT2D eigenvalue weighted by atomic mass is 79.9. The Labute approximate surface area is 122 Å². The van der Waals surface area contributed by atoms with Crippen molar-refractivity contribution in [1.82, 2.24) is 9.97 Å². The number of aromatic nitrogens is 2. The van der Waals surface area contributed by atoms with E-state index in [1.54, 1.807) is 0 Å². The molecule has 2 aromatic rings. The third-order valence-corrected chi connectivity index (χ3v) is 3.74. The van der Waals surface area contributed by atoms with E-state index in [0.717, 1.165) is 33.7 Å². The fourth-order valence-electron chi connectivity index (χ4n) is 2.24. The Hall–Kier alpha value is -1.26. The molecular formula is C15H18BrN3. The Bertz CT molecular complexity index is 585. The largest absolute Gasteiger partial charge is 0.330 e. The molecule has 3 nitrogen and oxygen atoms in total. The van der Waals surface area contributed by atoms with Crippen LogP contribution in [0.5, 0.6) is 0 Å². The van der Waals surface area contributed by atoms with Crippen LogP contribution in [-0.4, -0.2) is 16.5 Å². The number of rotatable bonds is 3. The van der Waals surface area contributed by atoms with E-state index in [0.29, 0.717) is 6.54 Å². The minimum absolute atomic E-state index is 0.627. The molecule has 0 unspecified atom stereocenters. The zero-order chi connectivity index (χ0) is 14.0. The summed E-state index contributed by atoms with van der Waals surface area (Å²) in [6, 6.07) is 6.15. The first-order valence-corrected chi connectivity index (χ1v) is 7.13. The predicted molar refractivity (Wildman–Crippen MR) is 82.1 cm³/mol. The van der Waals surface area contributed by atoms with Crippen LogP contribution in [0.2, 0.25) is 0 Å². The van der Waals surface area contributed by atoms with Crippen molar-refractivity contribution in [3.63, 3.8) is 0 Å². The molecule has 0 atom stereocenters. The van der Waals surface area contributed by atoms with E-state index in [1.807, 2.05) is 19.9 Å². The SMILES string of the molecule is Cc1cc(Br)ccc1-c1nc(C)c(CCN)c(C)n1. The summed E-state index contributed by atoms with van der Waals surface area (Å²) in [7, 11) is 0. The summed E-state index contributed by atoms with van der Waals surface area (Å²) < 4.78 is 1.07. The molecule has 1 aromatic heterocycles. The molecule has 2 N–H and O–H groups in total. The average molecular weight is 320 g/mol. The van der Waals surface area contributed by atoms with Crippen LogP contribution in [0.25, 0.3) is 11.4 Å². The first-order chi connectivity index (χ1) is 9.02. The van der Waals surface area contributed by atoms with Crippen LogP contribution in [0.15, 0.2) is 22.7 Å². The van der Waals surface area contributed by atoms with E-state index in [4.69, 9.17) is 5.73 Å². The van der Waals surface area contributed by atoms with Gasteiger partial charge in [0.05, 0.1) is 0 Å². The Morgan fingerprint density at radius 2 is 1.74 bits per heavy atom. The van der Waals surface area contributed by atoms with Crippen molar-refractivity contribution in [2.75, 3.05) is 6.54 Å². The van der Waals surface area contributed by atoms with Gasteiger partial charge in [-0.15, -0.1) is 0 Å². The second-order valence-corrected chi connectivity index (χ2v) is 5.61. The molecule has 0 radical (unpaired) electrons. The third-order valence-electron chi connectivity index (χ3n) is 3.24. The number of nitrogens with zero attached hydrogens (tertiary/aromatic N) is 2. The van der Waals surface area contributed by atoms with Crippen molar-refractivity contribution < 1.29 is 0 Å². The van der Waals surface area contributed by atoms with Gasteiger partial charge in [0.1, 0.15) is 0 Å². The molecule has 0 saturated heterocycles. The summed E-state index contributed by atoms with van der Waals surface area (Å²) in [6.45, 7) is 6.75. The van der Waals surface area contributed by atoms with Crippen molar-refractivity contribution in [1.29, 1.82) is 0 Å². The van der Waals surface area contributed by atoms with Gasteiger partial charge in [-0.3, -0.25) is 0 Å². The van der Waals surface area contributed by atoms with Crippen LogP contribution in [0, 0.1) is 20.8 Å². The van der Waals surface area contributed by atoms with Crippen molar-refractivity contribution >= 4 is 15.9 Å². The fourth-order valence-corrected chi connectivity index (χ4v) is 2.72. The van der Waals surface area contributed by atoms with Gasteiger partial charge in [-0.25, -0.2) is 9.97 Å². The quantitative estimate of drug-likeness (QED) is 0.944. The van der Waals surface area contributed by atoms with Gasteiger partial charge in [0.15, 0.2) is 5.82 Å². The highest BCUT2D eigenvalue weighted by molar-refractivity contribution is 9.10. The number of aryl methyl sites for hydroxylation is 3. The van der Waals surface area contributed by atoms with Crippen LogP contribution in [0.1, 0.15) is 22.5 Å². The maximum Gasteiger partial charge on any atom is 0.159 e. The summed E-state index contributed by atoms with van der Waals surface area (Å²) in [5.74, 6) is 0.792. The van der Waals surface area contributed by atoms with Crippen molar-refractivity contribution in [2.24, 2.45) is 5.73 Å². The number of nitrogens with two attached hydrogens (primary N) is 1. The van der Waals surface area contributed by atoms with Gasteiger partial charge in [-0.2, -0.15) is 0 Å². The Morgan fingerprint density at radius 1 is 1.11 bits per heavy atom. The molecule has 2 rings (SSSR count). The van der Waals surface area contributed by atoms with Crippen LogP contribution >= 0.6 is 15.9 Å². The van der Waals surface area contributed by atoms with Gasteiger partial charge in [-0.05, 0) is 63.1 Å². The summed E-state index contributed by atoms with van der Waals surface area (Å²) in [5, 5.41) is 0. The molecule has 0 saturated carbocycles. The maximum absolute atomic E-state index is 5.63. The Kier molecular flexibility index (Phi) is 4.32. The summed E-state index contributed by atoms with van der Waals surface area (Å²) in [4.78, 5) is 9.26. The molecule has 1 aromatic carbocycles. The predicted octanol–water partition coefficient (Wildman–Crippen LogP) is 3.33. The molecule has 19 heavy (non-hydrogen) atoms. The molecule has 0 amide bonds. The van der Waals surface area contributed by atoms with E-state index < -0.39 is 0 Å². The van der Waals surface area contributed by atoms with Gasteiger partial charge in [-0.1, -0.05) is 15.9 Å². The molecule has 0 aliphatic carbocycles. The molecule has 0 aliphatic heterocycles. The second kappa shape index (κ2) is 5.80. The first kappa shape index (κ1) is 14.2. The number of hydrogen-bond acceptors (Lipinski definition) is 3. The topological polar surface area (TPSA) is 51.8 Å². The molecule has 0 spiro atoms. The molecule has 100 valence electrons. The highest BCUT2D eigenvalue weighted by Crippen LogP contribution is 2.25. The number of halogens is 1. The van der Waals surface area contributed by atoms with E-state index in [1.165, 1.54) is 11.1 Å². The fraction of sp³-hybridized carbons (Fsp3) is 0.333. The minimum atomic E-state index is 0.627.